The van der Waals surface area contributed by atoms with Gasteiger partial charge in [-0.2, -0.15) is 0 Å². The number of aliphatic hydroxyl groups excluding tert-OH is 2. The van der Waals surface area contributed by atoms with Crippen LogP contribution in [-0.2, 0) is 25.5 Å². The second-order valence-electron chi connectivity index (χ2n) is 12.3. The monoisotopic (exact) mass is 667 g/mol. The Bertz CT molecular complexity index is 2010. The van der Waals surface area contributed by atoms with E-state index in [0.717, 1.165) is 22.3 Å². The van der Waals surface area contributed by atoms with Crippen molar-refractivity contribution >= 4 is 52.3 Å². The van der Waals surface area contributed by atoms with E-state index in [2.05, 4.69) is 10.6 Å². The maximum absolute atomic E-state index is 13.7. The summed E-state index contributed by atoms with van der Waals surface area (Å²) >= 11 is 5.38. The van der Waals surface area contributed by atoms with Crippen LogP contribution in [-0.4, -0.2) is 61.3 Å². The summed E-state index contributed by atoms with van der Waals surface area (Å²) in [5.74, 6) is -7.36. The Labute approximate surface area is 278 Å². The van der Waals surface area contributed by atoms with E-state index < -0.39 is 64.5 Å². The van der Waals surface area contributed by atoms with Crippen molar-refractivity contribution in [1.29, 1.82) is 0 Å². The van der Waals surface area contributed by atoms with Gasteiger partial charge in [0.05, 0.1) is 5.56 Å². The number of nitrogens with two attached hydrogens (primary N) is 1. The maximum atomic E-state index is 13.7. The van der Waals surface area contributed by atoms with Crippen LogP contribution < -0.4 is 16.4 Å². The molecule has 0 saturated heterocycles. The number of carbonyl (C=O) groups is 4. The molecule has 2 unspecified atom stereocenters. The number of carbonyl (C=O) groups excluding carboxylic acids is 4. The molecule has 0 aliphatic heterocycles. The molecule has 4 aliphatic rings. The first-order valence-corrected chi connectivity index (χ1v) is 15.6. The number of thiocarbonyl (C=S) groups is 1. The minimum absolute atomic E-state index is 0.0273. The summed E-state index contributed by atoms with van der Waals surface area (Å²) in [5, 5.41) is 49.4. The van der Waals surface area contributed by atoms with Gasteiger partial charge >= 0.3 is 6.09 Å². The lowest BCUT2D eigenvalue weighted by molar-refractivity contribution is -0.147. The molecule has 3 aromatic carbocycles. The Morgan fingerprint density at radius 1 is 0.958 bits per heavy atom. The van der Waals surface area contributed by atoms with Crippen LogP contribution in [0.2, 0.25) is 0 Å². The fraction of sp³-hybridized carbons (Fsp3) is 0.229. The van der Waals surface area contributed by atoms with Crippen LogP contribution in [0.4, 0.5) is 10.5 Å². The molecule has 2 amide bonds. The van der Waals surface area contributed by atoms with Gasteiger partial charge in [-0.15, -0.1) is 0 Å². The maximum Gasteiger partial charge on any atom is 0.413 e. The van der Waals surface area contributed by atoms with Crippen LogP contribution in [0.25, 0.3) is 16.9 Å². The third kappa shape index (κ3) is 4.65. The first-order chi connectivity index (χ1) is 22.9. The van der Waals surface area contributed by atoms with Crippen molar-refractivity contribution in [3.63, 3.8) is 0 Å². The average molecular weight is 668 g/mol. The summed E-state index contributed by atoms with van der Waals surface area (Å²) < 4.78 is 5.57. The van der Waals surface area contributed by atoms with Gasteiger partial charge < -0.3 is 36.2 Å². The lowest BCUT2D eigenvalue weighted by atomic mass is 9.59. The normalized spacial score (nSPS) is 22.6. The number of aromatic hydroxyl groups is 1. The Balaban J connectivity index is 1.10. The number of rotatable bonds is 4. The standard InChI is InChI=1S/C35H29N3O9S/c36-32(44)28-25(40)13-16-11-15-12-21-23(9-10-24(39)27(21)29(41)26(15)30(42)35(16,46)31(28)43)37-33(48)38-34(45)47-14-22-19-7-3-1-5-17(19)18-6-2-4-8-20(18)22/h1-10,15-16,22,39,41,43,46H,11-14H2,(H2,36,44)(H2,37,38,45,48)/t15?,16?,35-/m0/s1. The summed E-state index contributed by atoms with van der Waals surface area (Å²) in [7, 11) is 0. The number of anilines is 1. The number of primary amides is 1. The lowest BCUT2D eigenvalue weighted by Crippen LogP contribution is -2.58. The first-order valence-electron chi connectivity index (χ1n) is 15.2. The number of Topliss-reactive ketones (excluding diaryl/α,β-unsaturated/α-hetero) is 2. The van der Waals surface area contributed by atoms with Gasteiger partial charge in [0.25, 0.3) is 5.91 Å². The molecule has 4 aliphatic carbocycles. The third-order valence-electron chi connectivity index (χ3n) is 9.75. The molecule has 8 N–H and O–H groups in total. The van der Waals surface area contributed by atoms with E-state index in [4.69, 9.17) is 22.7 Å². The minimum Gasteiger partial charge on any atom is -0.508 e. The number of amides is 2. The Morgan fingerprint density at radius 3 is 2.25 bits per heavy atom. The van der Waals surface area contributed by atoms with Gasteiger partial charge in [-0.3, -0.25) is 19.7 Å². The van der Waals surface area contributed by atoms with Crippen molar-refractivity contribution in [3.8, 4) is 16.9 Å². The minimum atomic E-state index is -2.66. The molecule has 13 heteroatoms. The molecule has 0 aromatic heterocycles. The van der Waals surface area contributed by atoms with Crippen molar-refractivity contribution in [3.05, 3.63) is 99.8 Å². The van der Waals surface area contributed by atoms with E-state index in [9.17, 15) is 39.6 Å². The van der Waals surface area contributed by atoms with Gasteiger partial charge in [0.2, 0.25) is 5.78 Å². The molecule has 0 bridgehead atoms. The van der Waals surface area contributed by atoms with E-state index in [-0.39, 0.29) is 47.4 Å². The Hall–Kier alpha value is -5.53. The van der Waals surface area contributed by atoms with Gasteiger partial charge in [-0.25, -0.2) is 4.79 Å². The number of hydrogen-bond donors (Lipinski definition) is 7. The highest BCUT2D eigenvalue weighted by atomic mass is 32.1. The smallest absolute Gasteiger partial charge is 0.413 e. The van der Waals surface area contributed by atoms with Crippen LogP contribution in [0.3, 0.4) is 0 Å². The van der Waals surface area contributed by atoms with Gasteiger partial charge in [-0.1, -0.05) is 48.5 Å². The average Bonchev–Trinajstić information content (AvgIpc) is 3.36. The predicted molar refractivity (Wildman–Crippen MR) is 176 cm³/mol. The van der Waals surface area contributed by atoms with Gasteiger partial charge in [0.15, 0.2) is 16.5 Å². The molecule has 48 heavy (non-hydrogen) atoms. The number of aliphatic hydroxyl groups is 3. The predicted octanol–water partition coefficient (Wildman–Crippen LogP) is 3.66. The van der Waals surface area contributed by atoms with Gasteiger partial charge in [0.1, 0.15) is 29.4 Å². The zero-order valence-corrected chi connectivity index (χ0v) is 26.0. The summed E-state index contributed by atoms with van der Waals surface area (Å²) in [5.41, 5.74) is 6.27. The highest BCUT2D eigenvalue weighted by Crippen LogP contribution is 2.53. The van der Waals surface area contributed by atoms with Gasteiger partial charge in [0, 0.05) is 29.5 Å². The molecule has 7 rings (SSSR count). The zero-order chi connectivity index (χ0) is 34.1. The SMILES string of the molecule is NC(=O)C1=C(O)[C@@]2(O)C(=O)C3=C(O)c4c(O)ccc(NC(=S)NC(=O)OCC5c6ccccc6-c6ccccc65)c4CC3CC2CC1=O. The second kappa shape index (κ2) is 11.3. The Morgan fingerprint density at radius 2 is 1.60 bits per heavy atom. The number of ether oxygens (including phenoxy) is 1. The highest BCUT2D eigenvalue weighted by molar-refractivity contribution is 7.80. The van der Waals surface area contributed by atoms with Gasteiger partial charge in [-0.05, 0) is 70.9 Å². The largest absolute Gasteiger partial charge is 0.508 e. The van der Waals surface area contributed by atoms with Crippen molar-refractivity contribution in [1.82, 2.24) is 5.32 Å². The van der Waals surface area contributed by atoms with Crippen molar-refractivity contribution in [2.45, 2.75) is 30.8 Å². The molecule has 0 radical (unpaired) electrons. The van der Waals surface area contributed by atoms with E-state index in [1.165, 1.54) is 12.1 Å². The van der Waals surface area contributed by atoms with Crippen LogP contribution in [0.1, 0.15) is 41.0 Å². The van der Waals surface area contributed by atoms with E-state index in [1.807, 2.05) is 48.5 Å². The number of hydrogen-bond acceptors (Lipinski definition) is 10. The fourth-order valence-electron chi connectivity index (χ4n) is 7.62. The van der Waals surface area contributed by atoms with E-state index >= 15 is 0 Å². The van der Waals surface area contributed by atoms with E-state index in [1.54, 1.807) is 0 Å². The van der Waals surface area contributed by atoms with Crippen LogP contribution in [0.15, 0.2) is 77.6 Å². The number of phenols is 1. The molecular formula is C35H29N3O9S. The molecule has 0 heterocycles. The summed E-state index contributed by atoms with van der Waals surface area (Å²) in [6, 6.07) is 18.6. The fourth-order valence-corrected chi connectivity index (χ4v) is 7.81. The second-order valence-corrected chi connectivity index (χ2v) is 12.7. The lowest BCUT2D eigenvalue weighted by Gasteiger charge is -2.46. The van der Waals surface area contributed by atoms with Crippen LogP contribution >= 0.6 is 12.2 Å². The molecule has 0 spiro atoms. The van der Waals surface area contributed by atoms with Crippen molar-refractivity contribution in [2.24, 2.45) is 17.6 Å². The summed E-state index contributed by atoms with van der Waals surface area (Å²) in [4.78, 5) is 51.0. The molecule has 3 atom stereocenters. The first kappa shape index (κ1) is 31.1. The third-order valence-corrected chi connectivity index (χ3v) is 9.96. The number of fused-ring (bicyclic) bond motifs is 6. The number of ketones is 2. The molecule has 12 nitrogen and oxygen atoms in total. The molecular weight excluding hydrogens is 638 g/mol. The van der Waals surface area contributed by atoms with Crippen molar-refractivity contribution in [2.75, 3.05) is 11.9 Å². The zero-order valence-electron chi connectivity index (χ0n) is 25.1. The molecule has 244 valence electrons. The van der Waals surface area contributed by atoms with Crippen LogP contribution in [0.5, 0.6) is 5.75 Å². The topological polar surface area (TPSA) is 209 Å². The number of alkyl carbamates (subject to hydrolysis) is 1. The van der Waals surface area contributed by atoms with Crippen LogP contribution in [0, 0.1) is 11.8 Å². The summed E-state index contributed by atoms with van der Waals surface area (Å²) in [6.07, 6.45) is -1.20. The number of phenolic OH excluding ortho intramolecular Hbond substituents is 1. The highest BCUT2D eigenvalue weighted by Gasteiger charge is 2.60. The number of benzene rings is 3. The molecule has 1 fully saturated rings. The van der Waals surface area contributed by atoms with E-state index in [0.29, 0.717) is 11.3 Å². The Kier molecular flexibility index (Phi) is 7.33. The quantitative estimate of drug-likeness (QED) is 0.121. The summed E-state index contributed by atoms with van der Waals surface area (Å²) in [6.45, 7) is 0.0654. The molecule has 1 saturated carbocycles. The molecule has 3 aromatic rings. The number of nitrogens with one attached hydrogen (secondary N) is 2. The van der Waals surface area contributed by atoms with Crippen molar-refractivity contribution < 1.29 is 44.3 Å².